The first-order valence-electron chi connectivity index (χ1n) is 8.08. The molecular formula is C17H21ClN2O3S. The Morgan fingerprint density at radius 1 is 1.08 bits per heavy atom. The number of benzene rings is 1. The molecule has 5 nitrogen and oxygen atoms in total. The van der Waals surface area contributed by atoms with Crippen LogP contribution in [0.2, 0.25) is 5.02 Å². The molecule has 0 aliphatic heterocycles. The van der Waals surface area contributed by atoms with E-state index in [1.54, 1.807) is 18.4 Å². The highest BCUT2D eigenvalue weighted by molar-refractivity contribution is 7.89. The average Bonchev–Trinajstić information content (AvgIpc) is 3.07. The molecule has 7 heteroatoms. The third-order valence-corrected chi connectivity index (χ3v) is 6.07. The van der Waals surface area contributed by atoms with E-state index in [1.165, 1.54) is 12.1 Å². The molecule has 1 fully saturated rings. The van der Waals surface area contributed by atoms with Gasteiger partial charge in [0.25, 0.3) is 0 Å². The third kappa shape index (κ3) is 4.39. The van der Waals surface area contributed by atoms with E-state index in [4.69, 9.17) is 16.0 Å². The van der Waals surface area contributed by atoms with E-state index >= 15 is 0 Å². The summed E-state index contributed by atoms with van der Waals surface area (Å²) in [4.78, 5) is 0.238. The minimum absolute atomic E-state index is 0.0888. The Balaban J connectivity index is 1.67. The molecule has 0 bridgehead atoms. The molecule has 0 saturated heterocycles. The molecule has 2 aromatic rings. The average molecular weight is 369 g/mol. The lowest BCUT2D eigenvalue weighted by Gasteiger charge is -2.32. The summed E-state index contributed by atoms with van der Waals surface area (Å²) >= 11 is 5.83. The van der Waals surface area contributed by atoms with Crippen molar-refractivity contribution in [1.29, 1.82) is 0 Å². The summed E-state index contributed by atoms with van der Waals surface area (Å²) in [7, 11) is -3.55. The van der Waals surface area contributed by atoms with E-state index in [0.717, 1.165) is 31.4 Å². The van der Waals surface area contributed by atoms with Crippen molar-refractivity contribution in [3.05, 3.63) is 53.4 Å². The van der Waals surface area contributed by atoms with Crippen LogP contribution >= 0.6 is 11.6 Å². The maximum atomic E-state index is 12.6. The molecule has 0 radical (unpaired) electrons. The first kappa shape index (κ1) is 17.5. The first-order chi connectivity index (χ1) is 11.5. The predicted octanol–water partition coefficient (Wildman–Crippen LogP) is 3.31. The van der Waals surface area contributed by atoms with E-state index in [1.807, 2.05) is 12.1 Å². The molecule has 130 valence electrons. The maximum Gasteiger partial charge on any atom is 0.240 e. The highest BCUT2D eigenvalue weighted by atomic mass is 35.5. The van der Waals surface area contributed by atoms with Crippen LogP contribution < -0.4 is 10.0 Å². The number of rotatable bonds is 6. The summed E-state index contributed by atoms with van der Waals surface area (Å²) in [5.41, 5.74) is 0. The van der Waals surface area contributed by atoms with E-state index in [-0.39, 0.29) is 17.0 Å². The lowest BCUT2D eigenvalue weighted by atomic mass is 9.91. The van der Waals surface area contributed by atoms with Gasteiger partial charge >= 0.3 is 0 Å². The van der Waals surface area contributed by atoms with E-state index in [9.17, 15) is 8.42 Å². The minimum Gasteiger partial charge on any atom is -0.468 e. The summed E-state index contributed by atoms with van der Waals surface area (Å²) in [6, 6.07) is 9.94. The standard InChI is InChI=1S/C17H21ClN2O3S/c18-13-7-9-15(10-8-13)24(21,22)20-17-6-2-1-5-16(17)19-12-14-4-3-11-23-14/h3-4,7-11,16-17,19-20H,1-2,5-6,12H2/t16-,17+/m0/s1. The van der Waals surface area contributed by atoms with Crippen molar-refractivity contribution in [3.63, 3.8) is 0 Å². The zero-order valence-corrected chi connectivity index (χ0v) is 14.8. The van der Waals surface area contributed by atoms with Crippen LogP contribution in [0.5, 0.6) is 0 Å². The summed E-state index contributed by atoms with van der Waals surface area (Å²) in [6.07, 6.45) is 5.51. The van der Waals surface area contributed by atoms with Gasteiger partial charge < -0.3 is 9.73 Å². The second kappa shape index (κ2) is 7.70. The Morgan fingerprint density at radius 2 is 1.79 bits per heavy atom. The number of hydrogen-bond donors (Lipinski definition) is 2. The summed E-state index contributed by atoms with van der Waals surface area (Å²) in [6.45, 7) is 0.594. The Labute approximate surface area is 147 Å². The largest absolute Gasteiger partial charge is 0.468 e. The van der Waals surface area contributed by atoms with E-state index in [0.29, 0.717) is 11.6 Å². The lowest BCUT2D eigenvalue weighted by molar-refractivity contribution is 0.301. The van der Waals surface area contributed by atoms with Crippen LogP contribution in [0, 0.1) is 0 Å². The van der Waals surface area contributed by atoms with Gasteiger partial charge in [-0.25, -0.2) is 13.1 Å². The van der Waals surface area contributed by atoms with Gasteiger partial charge in [0.1, 0.15) is 5.76 Å². The van der Waals surface area contributed by atoms with Crippen molar-refractivity contribution >= 4 is 21.6 Å². The molecule has 1 aliphatic rings. The van der Waals surface area contributed by atoms with Gasteiger partial charge in [0, 0.05) is 17.1 Å². The van der Waals surface area contributed by atoms with E-state index in [2.05, 4.69) is 10.0 Å². The predicted molar refractivity (Wildman–Crippen MR) is 93.4 cm³/mol. The number of nitrogens with one attached hydrogen (secondary N) is 2. The molecule has 1 aromatic carbocycles. The number of sulfonamides is 1. The Hall–Kier alpha value is -1.34. The van der Waals surface area contributed by atoms with Gasteiger partial charge in [0.05, 0.1) is 17.7 Å². The third-order valence-electron chi connectivity index (χ3n) is 4.32. The van der Waals surface area contributed by atoms with Gasteiger partial charge in [0.2, 0.25) is 10.0 Å². The molecule has 2 atom stereocenters. The molecular weight excluding hydrogens is 348 g/mol. The van der Waals surface area contributed by atoms with Gasteiger partial charge in [-0.2, -0.15) is 0 Å². The topological polar surface area (TPSA) is 71.3 Å². The van der Waals surface area contributed by atoms with Gasteiger partial charge in [-0.05, 0) is 49.2 Å². The first-order valence-corrected chi connectivity index (χ1v) is 9.94. The monoisotopic (exact) mass is 368 g/mol. The van der Waals surface area contributed by atoms with Gasteiger partial charge in [-0.1, -0.05) is 24.4 Å². The van der Waals surface area contributed by atoms with Crippen molar-refractivity contribution in [3.8, 4) is 0 Å². The van der Waals surface area contributed by atoms with Crippen molar-refractivity contribution in [2.75, 3.05) is 0 Å². The number of halogens is 1. The van der Waals surface area contributed by atoms with Crippen LogP contribution in [-0.4, -0.2) is 20.5 Å². The molecule has 0 spiro atoms. The maximum absolute atomic E-state index is 12.6. The molecule has 0 amide bonds. The zero-order chi connectivity index (χ0) is 17.0. The van der Waals surface area contributed by atoms with Crippen LogP contribution in [-0.2, 0) is 16.6 Å². The number of furan rings is 1. The Bertz CT molecular complexity index is 745. The quantitative estimate of drug-likeness (QED) is 0.820. The smallest absolute Gasteiger partial charge is 0.240 e. The van der Waals surface area contributed by atoms with Crippen LogP contribution in [0.1, 0.15) is 31.4 Å². The Morgan fingerprint density at radius 3 is 2.46 bits per heavy atom. The fourth-order valence-electron chi connectivity index (χ4n) is 3.04. The van der Waals surface area contributed by atoms with Crippen molar-refractivity contribution in [1.82, 2.24) is 10.0 Å². The summed E-state index contributed by atoms with van der Waals surface area (Å²) in [5, 5.41) is 3.93. The van der Waals surface area contributed by atoms with Crippen molar-refractivity contribution < 1.29 is 12.8 Å². The van der Waals surface area contributed by atoms with Gasteiger partial charge in [-0.15, -0.1) is 0 Å². The fraction of sp³-hybridized carbons (Fsp3) is 0.412. The summed E-state index contributed by atoms with van der Waals surface area (Å²) in [5.74, 6) is 0.847. The molecule has 1 aliphatic carbocycles. The molecule has 1 heterocycles. The molecule has 1 saturated carbocycles. The zero-order valence-electron chi connectivity index (χ0n) is 13.2. The van der Waals surface area contributed by atoms with Crippen molar-refractivity contribution in [2.45, 2.75) is 49.2 Å². The highest BCUT2D eigenvalue weighted by Gasteiger charge is 2.29. The number of hydrogen-bond acceptors (Lipinski definition) is 4. The van der Waals surface area contributed by atoms with E-state index < -0.39 is 10.0 Å². The van der Waals surface area contributed by atoms with Crippen LogP contribution in [0.25, 0.3) is 0 Å². The second-order valence-corrected chi connectivity index (χ2v) is 8.18. The molecule has 3 rings (SSSR count). The van der Waals surface area contributed by atoms with Crippen LogP contribution in [0.4, 0.5) is 0 Å². The normalized spacial score (nSPS) is 21.7. The molecule has 2 N–H and O–H groups in total. The van der Waals surface area contributed by atoms with Crippen LogP contribution in [0.15, 0.2) is 52.0 Å². The Kier molecular flexibility index (Phi) is 5.61. The highest BCUT2D eigenvalue weighted by Crippen LogP contribution is 2.22. The SMILES string of the molecule is O=S(=O)(N[C@@H]1CCCC[C@@H]1NCc1ccco1)c1ccc(Cl)cc1. The van der Waals surface area contributed by atoms with Crippen molar-refractivity contribution in [2.24, 2.45) is 0 Å². The lowest BCUT2D eigenvalue weighted by Crippen LogP contribution is -2.51. The van der Waals surface area contributed by atoms with Gasteiger partial charge in [-0.3, -0.25) is 0 Å². The fourth-order valence-corrected chi connectivity index (χ4v) is 4.48. The van der Waals surface area contributed by atoms with Gasteiger partial charge in [0.15, 0.2) is 0 Å². The molecule has 24 heavy (non-hydrogen) atoms. The second-order valence-electron chi connectivity index (χ2n) is 6.03. The molecule has 1 aromatic heterocycles. The summed E-state index contributed by atoms with van der Waals surface area (Å²) < 4.78 is 33.4. The minimum atomic E-state index is -3.55. The van der Waals surface area contributed by atoms with Crippen LogP contribution in [0.3, 0.4) is 0 Å². The molecule has 0 unspecified atom stereocenters.